The molecule has 1 unspecified atom stereocenters. The van der Waals surface area contributed by atoms with Crippen molar-refractivity contribution in [2.45, 2.75) is 19.4 Å². The van der Waals surface area contributed by atoms with Crippen molar-refractivity contribution in [3.8, 4) is 11.3 Å². The van der Waals surface area contributed by atoms with Crippen LogP contribution in [0.5, 0.6) is 0 Å². The number of fused-ring (bicyclic) bond motifs is 1. The Morgan fingerprint density at radius 1 is 1.20 bits per heavy atom. The number of halogens is 2. The molecule has 2 amide bonds. The van der Waals surface area contributed by atoms with Crippen LogP contribution in [0.1, 0.15) is 30.5 Å². The summed E-state index contributed by atoms with van der Waals surface area (Å²) in [5.41, 5.74) is 3.28. The van der Waals surface area contributed by atoms with E-state index in [2.05, 4.69) is 10.3 Å². The average molecular weight is 458 g/mol. The molecular formula is C22H17Cl2N3O2S. The molecule has 0 aliphatic carbocycles. The lowest BCUT2D eigenvalue weighted by molar-refractivity contribution is -0.129. The first-order valence-corrected chi connectivity index (χ1v) is 10.8. The Morgan fingerprint density at radius 3 is 2.80 bits per heavy atom. The minimum Gasteiger partial charge on any atom is -0.311 e. The lowest BCUT2D eigenvalue weighted by atomic mass is 9.93. The number of nitrogens with one attached hydrogen (secondary N) is 1. The Bertz CT molecular complexity index is 1160. The van der Waals surface area contributed by atoms with Crippen LogP contribution in [-0.2, 0) is 9.59 Å². The molecule has 8 heteroatoms. The summed E-state index contributed by atoms with van der Waals surface area (Å²) in [6.07, 6.45) is 3.73. The minimum absolute atomic E-state index is 0.119. The number of carbonyl (C=O) groups is 2. The summed E-state index contributed by atoms with van der Waals surface area (Å²) in [6.45, 7) is 1.49. The summed E-state index contributed by atoms with van der Waals surface area (Å²) in [5.74, 6) is -0.347. The van der Waals surface area contributed by atoms with E-state index in [1.165, 1.54) is 18.3 Å². The van der Waals surface area contributed by atoms with Gasteiger partial charge in [0.25, 0.3) is 0 Å². The molecule has 1 aliphatic rings. The summed E-state index contributed by atoms with van der Waals surface area (Å²) in [4.78, 5) is 30.9. The molecule has 0 fully saturated rings. The Balaban J connectivity index is 1.52. The zero-order valence-electron chi connectivity index (χ0n) is 15.9. The van der Waals surface area contributed by atoms with Crippen molar-refractivity contribution in [1.29, 1.82) is 0 Å². The van der Waals surface area contributed by atoms with Crippen LogP contribution in [0.4, 0.5) is 5.13 Å². The summed E-state index contributed by atoms with van der Waals surface area (Å²) >= 11 is 13.6. The first kappa shape index (κ1) is 20.6. The second-order valence-corrected chi connectivity index (χ2v) is 8.50. The highest BCUT2D eigenvalue weighted by molar-refractivity contribution is 7.14. The van der Waals surface area contributed by atoms with Crippen molar-refractivity contribution in [3.05, 3.63) is 75.2 Å². The highest BCUT2D eigenvalue weighted by atomic mass is 35.5. The fraction of sp³-hybridized carbons (Fsp3) is 0.136. The van der Waals surface area contributed by atoms with Crippen LogP contribution in [0.3, 0.4) is 0 Å². The number of nitrogens with zero attached hydrogens (tertiary/aromatic N) is 2. The van der Waals surface area contributed by atoms with E-state index in [9.17, 15) is 9.59 Å². The quantitative estimate of drug-likeness (QED) is 0.520. The third-order valence-electron chi connectivity index (χ3n) is 4.80. The van der Waals surface area contributed by atoms with Crippen LogP contribution >= 0.6 is 34.5 Å². The smallest absolute Gasteiger partial charge is 0.228 e. The standard InChI is InChI=1S/C22H17Cl2N3O2S/c1-13(28)27-9-8-14-4-2-3-5-16(14)20(27)11-21(29)26-22-25-19(12-30-22)17-10-15(23)6-7-18(17)24/h2-10,12,20H,11H2,1H3,(H,25,26,29). The van der Waals surface area contributed by atoms with Gasteiger partial charge in [0.1, 0.15) is 0 Å². The number of carbonyl (C=O) groups excluding carboxylic acids is 2. The molecule has 152 valence electrons. The topological polar surface area (TPSA) is 62.3 Å². The van der Waals surface area contributed by atoms with Crippen molar-refractivity contribution in [2.75, 3.05) is 5.32 Å². The van der Waals surface area contributed by atoms with Crippen LogP contribution in [0, 0.1) is 0 Å². The number of hydrogen-bond donors (Lipinski definition) is 1. The summed E-state index contributed by atoms with van der Waals surface area (Å²) in [7, 11) is 0. The van der Waals surface area contributed by atoms with E-state index in [0.29, 0.717) is 26.4 Å². The van der Waals surface area contributed by atoms with Gasteiger partial charge in [-0.2, -0.15) is 0 Å². The van der Waals surface area contributed by atoms with Crippen molar-refractivity contribution < 1.29 is 9.59 Å². The number of amides is 2. The number of rotatable bonds is 4. The molecule has 0 saturated heterocycles. The molecule has 0 radical (unpaired) electrons. The van der Waals surface area contributed by atoms with Crippen molar-refractivity contribution in [2.24, 2.45) is 0 Å². The van der Waals surface area contributed by atoms with E-state index < -0.39 is 0 Å². The first-order chi connectivity index (χ1) is 14.4. The SMILES string of the molecule is CC(=O)N1C=Cc2ccccc2C1CC(=O)Nc1nc(-c2cc(Cl)ccc2Cl)cs1. The predicted molar refractivity (Wildman–Crippen MR) is 122 cm³/mol. The van der Waals surface area contributed by atoms with Crippen LogP contribution in [0.15, 0.2) is 54.0 Å². The number of hydrogen-bond acceptors (Lipinski definition) is 4. The second-order valence-electron chi connectivity index (χ2n) is 6.80. The summed E-state index contributed by atoms with van der Waals surface area (Å²) in [5, 5.41) is 6.20. The molecule has 5 nitrogen and oxygen atoms in total. The number of anilines is 1. The molecule has 4 rings (SSSR count). The van der Waals surface area contributed by atoms with E-state index in [-0.39, 0.29) is 24.3 Å². The van der Waals surface area contributed by atoms with Gasteiger partial charge in [-0.25, -0.2) is 4.98 Å². The Kier molecular flexibility index (Phi) is 5.90. The lowest BCUT2D eigenvalue weighted by Gasteiger charge is -2.32. The van der Waals surface area contributed by atoms with E-state index in [0.717, 1.165) is 11.1 Å². The molecule has 1 aliphatic heterocycles. The maximum absolute atomic E-state index is 12.8. The van der Waals surface area contributed by atoms with E-state index >= 15 is 0 Å². The highest BCUT2D eigenvalue weighted by Crippen LogP contribution is 2.35. The third kappa shape index (κ3) is 4.26. The lowest BCUT2D eigenvalue weighted by Crippen LogP contribution is -2.33. The van der Waals surface area contributed by atoms with Gasteiger partial charge in [-0.05, 0) is 35.4 Å². The van der Waals surface area contributed by atoms with Gasteiger partial charge in [-0.1, -0.05) is 47.5 Å². The Labute approximate surface area is 188 Å². The van der Waals surface area contributed by atoms with Gasteiger partial charge in [-0.3, -0.25) is 9.59 Å². The molecular weight excluding hydrogens is 441 g/mol. The van der Waals surface area contributed by atoms with Crippen molar-refractivity contribution in [1.82, 2.24) is 9.88 Å². The molecule has 1 aromatic heterocycles. The molecule has 1 atom stereocenters. The van der Waals surface area contributed by atoms with Crippen LogP contribution in [-0.4, -0.2) is 21.7 Å². The van der Waals surface area contributed by atoms with Crippen molar-refractivity contribution in [3.63, 3.8) is 0 Å². The maximum Gasteiger partial charge on any atom is 0.228 e. The van der Waals surface area contributed by atoms with Crippen LogP contribution in [0.2, 0.25) is 10.0 Å². The van der Waals surface area contributed by atoms with Gasteiger partial charge < -0.3 is 10.2 Å². The van der Waals surface area contributed by atoms with Gasteiger partial charge in [0.15, 0.2) is 5.13 Å². The molecule has 2 aromatic carbocycles. The minimum atomic E-state index is -0.370. The number of benzene rings is 2. The van der Waals surface area contributed by atoms with Gasteiger partial charge in [0, 0.05) is 29.1 Å². The molecule has 0 spiro atoms. The Morgan fingerprint density at radius 2 is 2.00 bits per heavy atom. The number of aromatic nitrogens is 1. The second kappa shape index (κ2) is 8.60. The summed E-state index contributed by atoms with van der Waals surface area (Å²) < 4.78 is 0. The first-order valence-electron chi connectivity index (χ1n) is 9.19. The van der Waals surface area contributed by atoms with Crippen LogP contribution in [0.25, 0.3) is 17.3 Å². The molecule has 30 heavy (non-hydrogen) atoms. The predicted octanol–water partition coefficient (Wildman–Crippen LogP) is 6.02. The van der Waals surface area contributed by atoms with Gasteiger partial charge in [-0.15, -0.1) is 11.3 Å². The van der Waals surface area contributed by atoms with E-state index in [4.69, 9.17) is 23.2 Å². The molecule has 0 saturated carbocycles. The molecule has 0 bridgehead atoms. The monoisotopic (exact) mass is 457 g/mol. The fourth-order valence-corrected chi connectivity index (χ4v) is 4.52. The fourth-order valence-electron chi connectivity index (χ4n) is 3.41. The van der Waals surface area contributed by atoms with E-state index in [1.54, 1.807) is 29.3 Å². The molecule has 3 aromatic rings. The molecule has 1 N–H and O–H groups in total. The average Bonchev–Trinajstić information content (AvgIpc) is 3.18. The largest absolute Gasteiger partial charge is 0.311 e. The van der Waals surface area contributed by atoms with Crippen LogP contribution < -0.4 is 5.32 Å². The van der Waals surface area contributed by atoms with Crippen molar-refractivity contribution >= 4 is 57.6 Å². The molecule has 2 heterocycles. The van der Waals surface area contributed by atoms with E-state index in [1.807, 2.05) is 35.7 Å². The van der Waals surface area contributed by atoms with Gasteiger partial charge in [0.2, 0.25) is 11.8 Å². The zero-order valence-corrected chi connectivity index (χ0v) is 18.3. The van der Waals surface area contributed by atoms with Gasteiger partial charge >= 0.3 is 0 Å². The number of thiazole rings is 1. The highest BCUT2D eigenvalue weighted by Gasteiger charge is 2.28. The Hall–Kier alpha value is -2.67. The summed E-state index contributed by atoms with van der Waals surface area (Å²) in [6, 6.07) is 12.5. The van der Waals surface area contributed by atoms with Gasteiger partial charge in [0.05, 0.1) is 23.2 Å². The zero-order chi connectivity index (χ0) is 21.3. The maximum atomic E-state index is 12.8. The normalized spacial score (nSPS) is 15.0. The third-order valence-corrected chi connectivity index (χ3v) is 6.13.